The van der Waals surface area contributed by atoms with Crippen LogP contribution in [0.2, 0.25) is 20.1 Å². The highest BCUT2D eigenvalue weighted by Gasteiger charge is 2.17. The number of nitrogens with zero attached hydrogens (tertiary/aromatic N) is 2. The van der Waals surface area contributed by atoms with E-state index in [1.54, 1.807) is 42.1 Å². The second-order valence-electron chi connectivity index (χ2n) is 7.19. The Kier molecular flexibility index (Phi) is 7.19. The maximum atomic E-state index is 12.1. The van der Waals surface area contributed by atoms with Gasteiger partial charge in [0.25, 0.3) is 0 Å². The van der Waals surface area contributed by atoms with E-state index in [-0.39, 0.29) is 10.6 Å². The highest BCUT2D eigenvalue weighted by atomic mass is 35.5. The van der Waals surface area contributed by atoms with Gasteiger partial charge in [-0.1, -0.05) is 58.5 Å². The van der Waals surface area contributed by atoms with Gasteiger partial charge in [-0.15, -0.1) is 0 Å². The van der Waals surface area contributed by atoms with E-state index < -0.39 is 5.97 Å². The van der Waals surface area contributed by atoms with Crippen LogP contribution in [-0.4, -0.2) is 28.0 Å². The van der Waals surface area contributed by atoms with Gasteiger partial charge in [0.1, 0.15) is 5.75 Å². The predicted octanol–water partition coefficient (Wildman–Crippen LogP) is 7.79. The minimum atomic E-state index is -1.13. The van der Waals surface area contributed by atoms with Crippen molar-refractivity contribution in [1.82, 2.24) is 9.78 Å². The fourth-order valence-electron chi connectivity index (χ4n) is 3.33. The lowest BCUT2D eigenvalue weighted by Crippen LogP contribution is -2.01. The van der Waals surface area contributed by atoms with Crippen LogP contribution in [0.1, 0.15) is 11.3 Å². The lowest BCUT2D eigenvalue weighted by Gasteiger charge is -2.09. The SMILES string of the molecule is COc1ccc(-n2nc(/C=C(/C(=O)O)c3ccc(Cl)c(Cl)c3)cc2-c2ccc(Cl)c(Cl)c2)cc1. The molecule has 0 atom stereocenters. The molecule has 0 aliphatic rings. The van der Waals surface area contributed by atoms with Crippen molar-refractivity contribution in [3.63, 3.8) is 0 Å². The van der Waals surface area contributed by atoms with Crippen LogP contribution in [0.5, 0.6) is 5.75 Å². The van der Waals surface area contributed by atoms with Gasteiger partial charge in [0, 0.05) is 5.56 Å². The Hall–Kier alpha value is -2.96. The molecule has 1 N–H and O–H groups in total. The molecule has 172 valence electrons. The summed E-state index contributed by atoms with van der Waals surface area (Å²) in [7, 11) is 1.59. The molecule has 0 spiro atoms. The summed E-state index contributed by atoms with van der Waals surface area (Å²) in [6.45, 7) is 0. The molecular formula is C25H16Cl4N2O3. The second kappa shape index (κ2) is 10.1. The standard InChI is InChI=1S/C25H16Cl4N2O3/c1-34-18-6-4-17(5-7-18)31-24(15-3-9-21(27)23(29)11-15)13-16(30-31)12-19(25(32)33)14-2-8-20(26)22(28)10-14/h2-13H,1H3,(H,32,33)/b19-12+. The summed E-state index contributed by atoms with van der Waals surface area (Å²) in [4.78, 5) is 12.1. The zero-order chi connectivity index (χ0) is 24.4. The molecule has 3 aromatic carbocycles. The first-order valence-electron chi connectivity index (χ1n) is 9.87. The van der Waals surface area contributed by atoms with Gasteiger partial charge in [0.05, 0.1) is 49.8 Å². The third-order valence-corrected chi connectivity index (χ3v) is 6.49. The van der Waals surface area contributed by atoms with Crippen LogP contribution in [-0.2, 0) is 4.79 Å². The highest BCUT2D eigenvalue weighted by molar-refractivity contribution is 6.42. The average Bonchev–Trinajstić information content (AvgIpc) is 3.25. The molecule has 1 aromatic heterocycles. The first-order valence-corrected chi connectivity index (χ1v) is 11.4. The molecule has 34 heavy (non-hydrogen) atoms. The van der Waals surface area contributed by atoms with Crippen molar-refractivity contribution in [2.45, 2.75) is 0 Å². The summed E-state index contributed by atoms with van der Waals surface area (Å²) in [6, 6.07) is 19.0. The van der Waals surface area contributed by atoms with Crippen LogP contribution in [0.15, 0.2) is 66.7 Å². The summed E-state index contributed by atoms with van der Waals surface area (Å²) < 4.78 is 6.94. The Morgan fingerprint density at radius 1 is 0.882 bits per heavy atom. The molecule has 0 radical (unpaired) electrons. The first-order chi connectivity index (χ1) is 16.3. The molecule has 4 aromatic rings. The van der Waals surface area contributed by atoms with Crippen molar-refractivity contribution >= 4 is 64.0 Å². The number of hydrogen-bond donors (Lipinski definition) is 1. The zero-order valence-electron chi connectivity index (χ0n) is 17.6. The normalized spacial score (nSPS) is 11.5. The summed E-state index contributed by atoms with van der Waals surface area (Å²) in [5, 5.41) is 15.9. The number of ether oxygens (including phenoxy) is 1. The topological polar surface area (TPSA) is 64.4 Å². The molecule has 0 fully saturated rings. The Bertz CT molecular complexity index is 1410. The van der Waals surface area contributed by atoms with E-state index in [0.29, 0.717) is 37.8 Å². The third-order valence-electron chi connectivity index (χ3n) is 5.01. The molecule has 0 aliphatic heterocycles. The number of hydrogen-bond acceptors (Lipinski definition) is 3. The summed E-state index contributed by atoms with van der Waals surface area (Å²) in [6.07, 6.45) is 1.48. The highest BCUT2D eigenvalue weighted by Crippen LogP contribution is 2.32. The molecular weight excluding hydrogens is 518 g/mol. The van der Waals surface area contributed by atoms with E-state index in [9.17, 15) is 9.90 Å². The van der Waals surface area contributed by atoms with Crippen LogP contribution in [0.4, 0.5) is 0 Å². The molecule has 1 heterocycles. The lowest BCUT2D eigenvalue weighted by atomic mass is 10.0. The quantitative estimate of drug-likeness (QED) is 0.257. The van der Waals surface area contributed by atoms with Crippen LogP contribution >= 0.6 is 46.4 Å². The van der Waals surface area contributed by atoms with Crippen LogP contribution in [0.3, 0.4) is 0 Å². The number of methoxy groups -OCH3 is 1. The fraction of sp³-hybridized carbons (Fsp3) is 0.0400. The molecule has 0 saturated carbocycles. The number of halogens is 4. The maximum Gasteiger partial charge on any atom is 0.336 e. The Morgan fingerprint density at radius 2 is 1.53 bits per heavy atom. The molecule has 0 aliphatic carbocycles. The number of carboxylic acid groups (broad SMARTS) is 1. The first kappa shape index (κ1) is 24.2. The van der Waals surface area contributed by atoms with Gasteiger partial charge >= 0.3 is 5.97 Å². The minimum absolute atomic E-state index is 0.0126. The molecule has 9 heteroatoms. The molecule has 0 unspecified atom stereocenters. The lowest BCUT2D eigenvalue weighted by molar-refractivity contribution is -0.130. The summed E-state index contributed by atoms with van der Waals surface area (Å²) in [5.41, 5.74) is 3.02. The van der Waals surface area contributed by atoms with Gasteiger partial charge in [-0.25, -0.2) is 9.48 Å². The van der Waals surface area contributed by atoms with E-state index in [1.165, 1.54) is 12.1 Å². The predicted molar refractivity (Wildman–Crippen MR) is 138 cm³/mol. The van der Waals surface area contributed by atoms with Gasteiger partial charge in [-0.3, -0.25) is 0 Å². The molecule has 5 nitrogen and oxygen atoms in total. The van der Waals surface area contributed by atoms with Crippen LogP contribution < -0.4 is 4.74 Å². The van der Waals surface area contributed by atoms with Gasteiger partial charge < -0.3 is 9.84 Å². The van der Waals surface area contributed by atoms with Gasteiger partial charge in [0.15, 0.2) is 0 Å². The maximum absolute atomic E-state index is 12.1. The van der Waals surface area contributed by atoms with Gasteiger partial charge in [-0.2, -0.15) is 5.10 Å². The molecule has 0 bridgehead atoms. The Labute approximate surface area is 215 Å². The number of carboxylic acids is 1. The van der Waals surface area contributed by atoms with Crippen molar-refractivity contribution in [3.8, 4) is 22.7 Å². The van der Waals surface area contributed by atoms with Crippen molar-refractivity contribution in [3.05, 3.63) is 98.1 Å². The Morgan fingerprint density at radius 3 is 2.12 bits per heavy atom. The number of aliphatic carboxylic acids is 1. The number of rotatable bonds is 6. The van der Waals surface area contributed by atoms with Crippen LogP contribution in [0.25, 0.3) is 28.6 Å². The van der Waals surface area contributed by atoms with Crippen molar-refractivity contribution < 1.29 is 14.6 Å². The monoisotopic (exact) mass is 532 g/mol. The summed E-state index contributed by atoms with van der Waals surface area (Å²) >= 11 is 24.4. The van der Waals surface area contributed by atoms with Crippen molar-refractivity contribution in [1.29, 1.82) is 0 Å². The number of benzene rings is 3. The molecule has 0 saturated heterocycles. The molecule has 4 rings (SSSR count). The summed E-state index contributed by atoms with van der Waals surface area (Å²) in [5.74, 6) is -0.437. The van der Waals surface area contributed by atoms with E-state index in [0.717, 1.165) is 11.3 Å². The third kappa shape index (κ3) is 5.08. The largest absolute Gasteiger partial charge is 0.497 e. The van der Waals surface area contributed by atoms with Gasteiger partial charge in [0.2, 0.25) is 0 Å². The van der Waals surface area contributed by atoms with E-state index in [1.807, 2.05) is 30.3 Å². The second-order valence-corrected chi connectivity index (χ2v) is 8.81. The van der Waals surface area contributed by atoms with Crippen molar-refractivity contribution in [2.75, 3.05) is 7.11 Å². The zero-order valence-corrected chi connectivity index (χ0v) is 20.6. The van der Waals surface area contributed by atoms with Crippen LogP contribution in [0, 0.1) is 0 Å². The fourth-order valence-corrected chi connectivity index (χ4v) is 3.93. The van der Waals surface area contributed by atoms with E-state index >= 15 is 0 Å². The van der Waals surface area contributed by atoms with Gasteiger partial charge in [-0.05, 0) is 66.2 Å². The molecule has 0 amide bonds. The smallest absolute Gasteiger partial charge is 0.336 e. The van der Waals surface area contributed by atoms with E-state index in [4.69, 9.17) is 51.1 Å². The minimum Gasteiger partial charge on any atom is -0.497 e. The van der Waals surface area contributed by atoms with E-state index in [2.05, 4.69) is 5.10 Å². The Balaban J connectivity index is 1.88. The number of carbonyl (C=O) groups is 1. The van der Waals surface area contributed by atoms with Crippen molar-refractivity contribution in [2.24, 2.45) is 0 Å². The average molecular weight is 534 g/mol. The number of aromatic nitrogens is 2.